The molecule has 1 aromatic rings. The van der Waals surface area contributed by atoms with Gasteiger partial charge in [0.15, 0.2) is 0 Å². The second kappa shape index (κ2) is 7.79. The Morgan fingerprint density at radius 2 is 2.06 bits per heavy atom. The standard InChI is InChI=1S/C12H18N2O3.ClH/c1-8(13)12(15)14-7-9-6-10(16-2)4-5-11(9)17-3;/h4-6,8H,7,13H2,1-3H3,(H,14,15);1H/t8-;/m1./s1. The zero-order valence-corrected chi connectivity index (χ0v) is 11.5. The molecule has 1 atom stereocenters. The minimum Gasteiger partial charge on any atom is -0.497 e. The van der Waals surface area contributed by atoms with Gasteiger partial charge in [0.25, 0.3) is 0 Å². The predicted molar refractivity (Wildman–Crippen MR) is 72.3 cm³/mol. The molecule has 0 spiro atoms. The van der Waals surface area contributed by atoms with Crippen LogP contribution in [0.2, 0.25) is 0 Å². The number of halogens is 1. The lowest BCUT2D eigenvalue weighted by atomic mass is 10.2. The van der Waals surface area contributed by atoms with Crippen molar-refractivity contribution in [1.29, 1.82) is 0 Å². The van der Waals surface area contributed by atoms with Gasteiger partial charge in [-0.2, -0.15) is 0 Å². The van der Waals surface area contributed by atoms with E-state index in [1.165, 1.54) is 0 Å². The molecule has 18 heavy (non-hydrogen) atoms. The second-order valence-electron chi connectivity index (χ2n) is 3.68. The average molecular weight is 275 g/mol. The number of carbonyl (C=O) groups is 1. The lowest BCUT2D eigenvalue weighted by Crippen LogP contribution is -2.37. The molecule has 0 aliphatic carbocycles. The first kappa shape index (κ1) is 16.5. The number of hydrogen-bond acceptors (Lipinski definition) is 4. The van der Waals surface area contributed by atoms with E-state index in [1.54, 1.807) is 33.3 Å². The van der Waals surface area contributed by atoms with E-state index < -0.39 is 6.04 Å². The first-order chi connectivity index (χ1) is 8.08. The maximum absolute atomic E-state index is 11.4. The van der Waals surface area contributed by atoms with Gasteiger partial charge in [-0.3, -0.25) is 4.79 Å². The third-order valence-corrected chi connectivity index (χ3v) is 2.35. The fourth-order valence-electron chi connectivity index (χ4n) is 1.36. The van der Waals surface area contributed by atoms with Crippen molar-refractivity contribution < 1.29 is 14.3 Å². The largest absolute Gasteiger partial charge is 0.497 e. The molecule has 102 valence electrons. The lowest BCUT2D eigenvalue weighted by Gasteiger charge is -2.12. The van der Waals surface area contributed by atoms with E-state index >= 15 is 0 Å². The Labute approximate surface area is 113 Å². The predicted octanol–water partition coefficient (Wildman–Crippen LogP) is 1.09. The molecule has 0 unspecified atom stereocenters. The van der Waals surface area contributed by atoms with Gasteiger partial charge in [0.2, 0.25) is 5.91 Å². The van der Waals surface area contributed by atoms with E-state index in [0.29, 0.717) is 12.3 Å². The highest BCUT2D eigenvalue weighted by atomic mass is 35.5. The Balaban J connectivity index is 0.00000289. The highest BCUT2D eigenvalue weighted by molar-refractivity contribution is 5.85. The van der Waals surface area contributed by atoms with Crippen molar-refractivity contribution >= 4 is 18.3 Å². The summed E-state index contributed by atoms with van der Waals surface area (Å²) in [6.07, 6.45) is 0. The van der Waals surface area contributed by atoms with Crippen molar-refractivity contribution in [2.45, 2.75) is 19.5 Å². The van der Waals surface area contributed by atoms with Gasteiger partial charge in [0.1, 0.15) is 11.5 Å². The minimum atomic E-state index is -0.522. The van der Waals surface area contributed by atoms with Crippen LogP contribution in [0.5, 0.6) is 11.5 Å². The van der Waals surface area contributed by atoms with Crippen molar-refractivity contribution in [3.05, 3.63) is 23.8 Å². The molecule has 0 heterocycles. The van der Waals surface area contributed by atoms with Crippen molar-refractivity contribution in [3.63, 3.8) is 0 Å². The summed E-state index contributed by atoms with van der Waals surface area (Å²) in [4.78, 5) is 11.4. The van der Waals surface area contributed by atoms with E-state index in [0.717, 1.165) is 11.3 Å². The molecule has 1 aromatic carbocycles. The topological polar surface area (TPSA) is 73.6 Å². The van der Waals surface area contributed by atoms with Crippen molar-refractivity contribution in [2.75, 3.05) is 14.2 Å². The number of rotatable bonds is 5. The summed E-state index contributed by atoms with van der Waals surface area (Å²) in [5.41, 5.74) is 6.31. The van der Waals surface area contributed by atoms with Crippen LogP contribution < -0.4 is 20.5 Å². The van der Waals surface area contributed by atoms with E-state index in [9.17, 15) is 4.79 Å². The van der Waals surface area contributed by atoms with E-state index in [-0.39, 0.29) is 18.3 Å². The number of benzene rings is 1. The zero-order chi connectivity index (χ0) is 12.8. The molecular weight excluding hydrogens is 256 g/mol. The quantitative estimate of drug-likeness (QED) is 0.843. The van der Waals surface area contributed by atoms with Gasteiger partial charge in [-0.15, -0.1) is 12.4 Å². The van der Waals surface area contributed by atoms with Crippen LogP contribution in [-0.2, 0) is 11.3 Å². The van der Waals surface area contributed by atoms with Gasteiger partial charge < -0.3 is 20.5 Å². The highest BCUT2D eigenvalue weighted by Crippen LogP contribution is 2.23. The van der Waals surface area contributed by atoms with Crippen molar-refractivity contribution in [2.24, 2.45) is 5.73 Å². The summed E-state index contributed by atoms with van der Waals surface area (Å²) in [5, 5.41) is 2.72. The van der Waals surface area contributed by atoms with Crippen LogP contribution in [0.3, 0.4) is 0 Å². The van der Waals surface area contributed by atoms with E-state index in [2.05, 4.69) is 5.32 Å². The SMILES string of the molecule is COc1ccc(OC)c(CNC(=O)[C@@H](C)N)c1.Cl. The molecule has 1 rings (SSSR count). The molecule has 0 aromatic heterocycles. The smallest absolute Gasteiger partial charge is 0.236 e. The normalized spacial score (nSPS) is 11.1. The maximum atomic E-state index is 11.4. The molecule has 0 bridgehead atoms. The number of nitrogens with one attached hydrogen (secondary N) is 1. The van der Waals surface area contributed by atoms with Crippen LogP contribution in [0.1, 0.15) is 12.5 Å². The van der Waals surface area contributed by atoms with Gasteiger partial charge in [-0.1, -0.05) is 0 Å². The highest BCUT2D eigenvalue weighted by Gasteiger charge is 2.09. The van der Waals surface area contributed by atoms with Crippen LogP contribution in [0.25, 0.3) is 0 Å². The fourth-order valence-corrected chi connectivity index (χ4v) is 1.36. The van der Waals surface area contributed by atoms with Crippen LogP contribution >= 0.6 is 12.4 Å². The Morgan fingerprint density at radius 1 is 1.39 bits per heavy atom. The number of ether oxygens (including phenoxy) is 2. The van der Waals surface area contributed by atoms with E-state index in [1.807, 2.05) is 6.07 Å². The second-order valence-corrected chi connectivity index (χ2v) is 3.68. The summed E-state index contributed by atoms with van der Waals surface area (Å²) in [6, 6.07) is 4.90. The van der Waals surface area contributed by atoms with Gasteiger partial charge in [0.05, 0.1) is 20.3 Å². The number of nitrogens with two attached hydrogens (primary N) is 1. The third-order valence-electron chi connectivity index (χ3n) is 2.35. The Hall–Kier alpha value is -1.46. The summed E-state index contributed by atoms with van der Waals surface area (Å²) in [5.74, 6) is 1.22. The monoisotopic (exact) mass is 274 g/mol. The molecule has 6 heteroatoms. The molecule has 0 aliphatic rings. The first-order valence-electron chi connectivity index (χ1n) is 5.32. The van der Waals surface area contributed by atoms with Crippen LogP contribution in [0, 0.1) is 0 Å². The number of carbonyl (C=O) groups excluding carboxylic acids is 1. The molecule has 5 nitrogen and oxygen atoms in total. The Bertz CT molecular complexity index is 397. The molecule has 0 saturated heterocycles. The van der Waals surface area contributed by atoms with Gasteiger partial charge in [-0.25, -0.2) is 0 Å². The lowest BCUT2D eigenvalue weighted by molar-refractivity contribution is -0.122. The molecule has 3 N–H and O–H groups in total. The first-order valence-corrected chi connectivity index (χ1v) is 5.32. The molecule has 0 fully saturated rings. The van der Waals surface area contributed by atoms with Gasteiger partial charge in [0, 0.05) is 12.1 Å². The summed E-state index contributed by atoms with van der Waals surface area (Å²) >= 11 is 0. The van der Waals surface area contributed by atoms with Crippen LogP contribution in [-0.4, -0.2) is 26.2 Å². The fraction of sp³-hybridized carbons (Fsp3) is 0.417. The number of amides is 1. The van der Waals surface area contributed by atoms with Crippen molar-refractivity contribution in [1.82, 2.24) is 5.32 Å². The van der Waals surface area contributed by atoms with Crippen molar-refractivity contribution in [3.8, 4) is 11.5 Å². The van der Waals surface area contributed by atoms with Crippen LogP contribution in [0.4, 0.5) is 0 Å². The Morgan fingerprint density at radius 3 is 2.56 bits per heavy atom. The summed E-state index contributed by atoms with van der Waals surface area (Å²) in [6.45, 7) is 2.00. The van der Waals surface area contributed by atoms with Gasteiger partial charge >= 0.3 is 0 Å². The number of hydrogen-bond donors (Lipinski definition) is 2. The minimum absolute atomic E-state index is 0. The molecule has 0 radical (unpaired) electrons. The third kappa shape index (κ3) is 4.43. The summed E-state index contributed by atoms with van der Waals surface area (Å²) < 4.78 is 10.3. The van der Waals surface area contributed by atoms with Crippen LogP contribution in [0.15, 0.2) is 18.2 Å². The molecule has 0 aliphatic heterocycles. The summed E-state index contributed by atoms with van der Waals surface area (Å²) in [7, 11) is 3.17. The van der Waals surface area contributed by atoms with E-state index in [4.69, 9.17) is 15.2 Å². The Kier molecular flexibility index (Phi) is 7.16. The molecular formula is C12H19ClN2O3. The van der Waals surface area contributed by atoms with Gasteiger partial charge in [-0.05, 0) is 25.1 Å². The average Bonchev–Trinajstić information content (AvgIpc) is 2.35. The molecule has 0 saturated carbocycles. The molecule has 1 amide bonds. The maximum Gasteiger partial charge on any atom is 0.236 e. The number of methoxy groups -OCH3 is 2. The zero-order valence-electron chi connectivity index (χ0n) is 10.7.